The topological polar surface area (TPSA) is 96.2 Å². The highest BCUT2D eigenvalue weighted by molar-refractivity contribution is 5.79. The number of carbonyl (C=O) groups excluding carboxylic acids is 1. The van der Waals surface area contributed by atoms with E-state index in [0.717, 1.165) is 37.8 Å². The minimum Gasteiger partial charge on any atom is -0.369 e. The van der Waals surface area contributed by atoms with E-state index in [1.807, 2.05) is 12.1 Å². The van der Waals surface area contributed by atoms with E-state index in [-0.39, 0.29) is 35.5 Å². The van der Waals surface area contributed by atoms with Gasteiger partial charge in [0.25, 0.3) is 0 Å². The molecule has 152 valence electrons. The maximum atomic E-state index is 14.5. The molecule has 4 N–H and O–H groups in total. The molecule has 0 spiro atoms. The minimum atomic E-state index is -0.531. The molecule has 0 saturated heterocycles. The Kier molecular flexibility index (Phi) is 4.38. The van der Waals surface area contributed by atoms with Crippen LogP contribution in [0.5, 0.6) is 0 Å². The van der Waals surface area contributed by atoms with Gasteiger partial charge in [-0.3, -0.25) is 4.79 Å². The van der Waals surface area contributed by atoms with Crippen LogP contribution in [0.3, 0.4) is 0 Å². The Morgan fingerprint density at radius 1 is 1.31 bits per heavy atom. The summed E-state index contributed by atoms with van der Waals surface area (Å²) in [6.45, 7) is 1.76. The second-order valence-corrected chi connectivity index (χ2v) is 8.67. The summed E-state index contributed by atoms with van der Waals surface area (Å²) in [6.07, 6.45) is 3.09. The van der Waals surface area contributed by atoms with Crippen molar-refractivity contribution in [2.24, 2.45) is 29.4 Å². The molecule has 7 nitrogen and oxygen atoms in total. The van der Waals surface area contributed by atoms with Gasteiger partial charge in [0.15, 0.2) is 11.6 Å². The summed E-state index contributed by atoms with van der Waals surface area (Å²) in [5.74, 6) is 0.229. The Morgan fingerprint density at radius 3 is 3.00 bits per heavy atom. The van der Waals surface area contributed by atoms with Gasteiger partial charge in [-0.15, -0.1) is 0 Å². The van der Waals surface area contributed by atoms with Crippen molar-refractivity contribution in [1.29, 1.82) is 0 Å². The number of primary amides is 1. The van der Waals surface area contributed by atoms with Gasteiger partial charge in [0, 0.05) is 24.8 Å². The molecule has 2 saturated carbocycles. The van der Waals surface area contributed by atoms with Crippen LogP contribution in [0.25, 0.3) is 0 Å². The molecule has 1 aliphatic heterocycles. The number of nitrogens with two attached hydrogens (primary N) is 1. The van der Waals surface area contributed by atoms with E-state index in [1.54, 1.807) is 0 Å². The average molecular weight is 396 g/mol. The number of nitrogens with one attached hydrogen (secondary N) is 2. The van der Waals surface area contributed by atoms with Crippen LogP contribution in [0.1, 0.15) is 18.4 Å². The zero-order valence-electron chi connectivity index (χ0n) is 16.3. The molecule has 1 aromatic carbocycles. The van der Waals surface area contributed by atoms with Crippen molar-refractivity contribution in [3.63, 3.8) is 0 Å². The average Bonchev–Trinajstić information content (AvgIpc) is 3.21. The van der Waals surface area contributed by atoms with Gasteiger partial charge in [0.2, 0.25) is 11.9 Å². The fourth-order valence-electron chi connectivity index (χ4n) is 5.65. The quantitative estimate of drug-likeness (QED) is 0.685. The first-order valence-corrected chi connectivity index (χ1v) is 10.1. The Bertz CT molecular complexity index is 953. The molecule has 1 amide bonds. The number of amides is 1. The van der Waals surface area contributed by atoms with Gasteiger partial charge in [0.1, 0.15) is 0 Å². The number of hydrogen-bond donors (Lipinski definition) is 3. The summed E-state index contributed by atoms with van der Waals surface area (Å²) in [5, 5.41) is 6.38. The van der Waals surface area contributed by atoms with Crippen LogP contribution in [-0.4, -0.2) is 40.4 Å². The summed E-state index contributed by atoms with van der Waals surface area (Å²) in [6, 6.07) is 7.88. The van der Waals surface area contributed by atoms with Gasteiger partial charge < -0.3 is 21.3 Å². The van der Waals surface area contributed by atoms with Crippen LogP contribution in [0.15, 0.2) is 30.5 Å². The molecule has 29 heavy (non-hydrogen) atoms. The fourth-order valence-corrected chi connectivity index (χ4v) is 5.65. The largest absolute Gasteiger partial charge is 0.369 e. The lowest BCUT2D eigenvalue weighted by Gasteiger charge is -2.37. The molecule has 5 rings (SSSR count). The fraction of sp³-hybridized carbons (Fsp3) is 0.476. The monoisotopic (exact) mass is 396 g/mol. The van der Waals surface area contributed by atoms with Gasteiger partial charge in [-0.2, -0.15) is 4.98 Å². The number of benzene rings is 1. The second-order valence-electron chi connectivity index (χ2n) is 8.67. The van der Waals surface area contributed by atoms with E-state index in [4.69, 9.17) is 5.73 Å². The summed E-state index contributed by atoms with van der Waals surface area (Å²) in [7, 11) is 2.12. The molecule has 3 aliphatic rings. The number of rotatable bonds is 1. The van der Waals surface area contributed by atoms with Crippen molar-refractivity contribution in [2.45, 2.75) is 25.4 Å². The predicted octanol–water partition coefficient (Wildman–Crippen LogP) is 2.34. The van der Waals surface area contributed by atoms with Gasteiger partial charge in [0.05, 0.1) is 12.1 Å². The van der Waals surface area contributed by atoms with Crippen LogP contribution in [0.4, 0.5) is 21.8 Å². The third kappa shape index (κ3) is 3.31. The highest BCUT2D eigenvalue weighted by Gasteiger charge is 2.55. The zero-order chi connectivity index (χ0) is 20.1. The molecule has 5 atom stereocenters. The van der Waals surface area contributed by atoms with Crippen LogP contribution < -0.4 is 16.4 Å². The second kappa shape index (κ2) is 6.95. The standard InChI is InChI=1S/C21H25FN6O/c1-28-9-11-3-2-4-14(5-11)25-21-24-8-16(22)20(27-21)26-18-15-7-12(6-13(15)10-28)17(18)19(23)29/h2-5,8,12-13,15,17-18H,6-7,9-10H2,1H3,(H2,23,29)(H2,24,25,26,27)/t12-,13+,15-,17+,18-/m1/s1. The van der Waals surface area contributed by atoms with Crippen molar-refractivity contribution >= 4 is 23.4 Å². The Morgan fingerprint density at radius 2 is 2.17 bits per heavy atom. The lowest BCUT2D eigenvalue weighted by atomic mass is 9.77. The number of halogens is 1. The van der Waals surface area contributed by atoms with Crippen LogP contribution in [-0.2, 0) is 11.3 Å². The number of nitrogens with zero attached hydrogens (tertiary/aromatic N) is 3. The lowest BCUT2D eigenvalue weighted by Crippen LogP contribution is -2.47. The first-order valence-electron chi connectivity index (χ1n) is 10.1. The molecular formula is C21H25FN6O. The van der Waals surface area contributed by atoms with Crippen LogP contribution in [0.2, 0.25) is 0 Å². The Balaban J connectivity index is 1.56. The summed E-state index contributed by atoms with van der Waals surface area (Å²) in [4.78, 5) is 22.9. The predicted molar refractivity (Wildman–Crippen MR) is 108 cm³/mol. The maximum absolute atomic E-state index is 14.5. The summed E-state index contributed by atoms with van der Waals surface area (Å²) < 4.78 is 14.5. The van der Waals surface area contributed by atoms with Gasteiger partial charge >= 0.3 is 0 Å². The molecule has 0 unspecified atom stereocenters. The molecular weight excluding hydrogens is 371 g/mol. The molecule has 2 heterocycles. The van der Waals surface area contributed by atoms with Crippen molar-refractivity contribution in [2.75, 3.05) is 24.2 Å². The van der Waals surface area contributed by atoms with Crippen molar-refractivity contribution in [3.8, 4) is 0 Å². The van der Waals surface area contributed by atoms with E-state index >= 15 is 0 Å². The van der Waals surface area contributed by atoms with Crippen LogP contribution in [0, 0.1) is 29.5 Å². The third-order valence-corrected chi connectivity index (χ3v) is 6.70. The van der Waals surface area contributed by atoms with Crippen LogP contribution >= 0.6 is 0 Å². The number of carbonyl (C=O) groups is 1. The number of fused-ring (bicyclic) bond motifs is 5. The number of aromatic nitrogens is 2. The zero-order valence-corrected chi connectivity index (χ0v) is 16.3. The van der Waals surface area contributed by atoms with Crippen molar-refractivity contribution < 1.29 is 9.18 Å². The highest BCUT2D eigenvalue weighted by Crippen LogP contribution is 2.53. The Labute approximate surface area is 168 Å². The first-order chi connectivity index (χ1) is 14.0. The molecule has 2 aromatic rings. The third-order valence-electron chi connectivity index (χ3n) is 6.70. The summed E-state index contributed by atoms with van der Waals surface area (Å²) >= 11 is 0. The molecule has 2 aliphatic carbocycles. The van der Waals surface area contributed by atoms with Gasteiger partial charge in [-0.05, 0) is 55.3 Å². The number of anilines is 3. The minimum absolute atomic E-state index is 0.117. The molecule has 8 heteroatoms. The highest BCUT2D eigenvalue weighted by atomic mass is 19.1. The molecule has 1 aromatic heterocycles. The van der Waals surface area contributed by atoms with E-state index in [0.29, 0.717) is 11.9 Å². The SMILES string of the molecule is CN1Cc2cccc(c2)Nc2ncc(F)c(n2)N[C@@H]2[C@@H]3C[C@@H](C[C@H]3C1)[C@@H]2C(N)=O. The van der Waals surface area contributed by atoms with E-state index in [9.17, 15) is 9.18 Å². The smallest absolute Gasteiger partial charge is 0.229 e. The normalized spacial score (nSPS) is 30.9. The lowest BCUT2D eigenvalue weighted by molar-refractivity contribution is -0.123. The maximum Gasteiger partial charge on any atom is 0.229 e. The van der Waals surface area contributed by atoms with Crippen molar-refractivity contribution in [3.05, 3.63) is 41.8 Å². The van der Waals surface area contributed by atoms with E-state index < -0.39 is 5.82 Å². The molecule has 0 radical (unpaired) electrons. The number of hydrogen-bond acceptors (Lipinski definition) is 6. The Hall–Kier alpha value is -2.74. The molecule has 6 bridgehead atoms. The van der Waals surface area contributed by atoms with Gasteiger partial charge in [-0.1, -0.05) is 12.1 Å². The summed E-state index contributed by atoms with van der Waals surface area (Å²) in [5.41, 5.74) is 7.77. The van der Waals surface area contributed by atoms with Gasteiger partial charge in [-0.25, -0.2) is 9.37 Å². The molecule has 2 fully saturated rings. The van der Waals surface area contributed by atoms with E-state index in [1.165, 1.54) is 5.56 Å². The first kappa shape index (κ1) is 18.3. The van der Waals surface area contributed by atoms with Crippen molar-refractivity contribution in [1.82, 2.24) is 14.9 Å². The van der Waals surface area contributed by atoms with E-state index in [2.05, 4.69) is 44.7 Å².